The summed E-state index contributed by atoms with van der Waals surface area (Å²) in [5.41, 5.74) is 0.448. The number of alkyl halides is 3. The average molecular weight is 269 g/mol. The lowest BCUT2D eigenvalue weighted by molar-refractivity contribution is -0.203. The first-order valence-corrected chi connectivity index (χ1v) is 4.68. The Morgan fingerprint density at radius 3 is 2.50 bits per heavy atom. The fourth-order valence-electron chi connectivity index (χ4n) is 1.00. The van der Waals surface area contributed by atoms with Gasteiger partial charge in [0.25, 0.3) is 0 Å². The molecule has 1 aromatic carbocycles. The minimum absolute atomic E-state index is 0.414. The van der Waals surface area contributed by atoms with Crippen LogP contribution in [-0.2, 0) is 6.42 Å². The van der Waals surface area contributed by atoms with Crippen LogP contribution in [0.4, 0.5) is 13.2 Å². The summed E-state index contributed by atoms with van der Waals surface area (Å²) in [6.07, 6.45) is -7.26. The smallest absolute Gasteiger partial charge is 0.383 e. The molecule has 0 aromatic heterocycles. The second kappa shape index (κ2) is 4.31. The van der Waals surface area contributed by atoms with Crippen molar-refractivity contribution >= 4 is 15.9 Å². The third kappa shape index (κ3) is 3.31. The van der Waals surface area contributed by atoms with Crippen molar-refractivity contribution in [3.63, 3.8) is 0 Å². The Kier molecular flexibility index (Phi) is 3.55. The molecular weight excluding hydrogens is 261 g/mol. The lowest BCUT2D eigenvalue weighted by Gasteiger charge is -2.14. The van der Waals surface area contributed by atoms with E-state index in [4.69, 9.17) is 5.11 Å². The number of aliphatic hydroxyl groups is 1. The molecule has 0 aliphatic heterocycles. The zero-order chi connectivity index (χ0) is 10.8. The van der Waals surface area contributed by atoms with Gasteiger partial charge in [-0.05, 0) is 17.7 Å². The van der Waals surface area contributed by atoms with E-state index >= 15 is 0 Å². The van der Waals surface area contributed by atoms with E-state index in [1.165, 1.54) is 0 Å². The highest BCUT2D eigenvalue weighted by Crippen LogP contribution is 2.23. The van der Waals surface area contributed by atoms with Crippen LogP contribution in [0.2, 0.25) is 0 Å². The fourth-order valence-corrected chi connectivity index (χ4v) is 1.45. The van der Waals surface area contributed by atoms with Gasteiger partial charge in [-0.15, -0.1) is 0 Å². The molecule has 0 heterocycles. The Bertz CT molecular complexity index is 311. The molecule has 1 aromatic rings. The normalized spacial score (nSPS) is 14.1. The molecule has 0 saturated carbocycles. The predicted octanol–water partition coefficient (Wildman–Crippen LogP) is 2.91. The Labute approximate surface area is 87.7 Å². The van der Waals surface area contributed by atoms with E-state index in [0.717, 1.165) is 0 Å². The van der Waals surface area contributed by atoms with Crippen LogP contribution in [0.5, 0.6) is 0 Å². The van der Waals surface area contributed by atoms with Crippen LogP contribution < -0.4 is 0 Å². The molecule has 5 heteroatoms. The molecule has 1 N–H and O–H groups in total. The number of hydrogen-bond acceptors (Lipinski definition) is 1. The molecule has 0 bridgehead atoms. The maximum atomic E-state index is 12.0. The molecule has 0 unspecified atom stereocenters. The van der Waals surface area contributed by atoms with Crippen molar-refractivity contribution in [2.45, 2.75) is 18.7 Å². The van der Waals surface area contributed by atoms with Gasteiger partial charge in [-0.2, -0.15) is 13.2 Å². The van der Waals surface area contributed by atoms with Gasteiger partial charge in [0.1, 0.15) is 0 Å². The molecule has 0 aliphatic rings. The van der Waals surface area contributed by atoms with E-state index in [2.05, 4.69) is 15.9 Å². The van der Waals surface area contributed by atoms with E-state index in [-0.39, 0.29) is 0 Å². The van der Waals surface area contributed by atoms with Crippen molar-refractivity contribution in [1.82, 2.24) is 0 Å². The maximum absolute atomic E-state index is 12.0. The highest BCUT2D eigenvalue weighted by atomic mass is 79.9. The molecular formula is C9H8BrF3O. The maximum Gasteiger partial charge on any atom is 0.414 e. The number of benzene rings is 1. The molecule has 1 atom stereocenters. The first-order chi connectivity index (χ1) is 6.39. The molecule has 0 amide bonds. The predicted molar refractivity (Wildman–Crippen MR) is 49.9 cm³/mol. The van der Waals surface area contributed by atoms with Gasteiger partial charge in [-0.1, -0.05) is 28.1 Å². The molecule has 0 radical (unpaired) electrons. The SMILES string of the molecule is O[C@@H](Cc1cccc(Br)c1)C(F)(F)F. The van der Waals surface area contributed by atoms with Gasteiger partial charge in [0.05, 0.1) is 0 Å². The quantitative estimate of drug-likeness (QED) is 0.875. The van der Waals surface area contributed by atoms with Crippen molar-refractivity contribution < 1.29 is 18.3 Å². The summed E-state index contributed by atoms with van der Waals surface area (Å²) in [7, 11) is 0. The number of rotatable bonds is 2. The summed E-state index contributed by atoms with van der Waals surface area (Å²) in [6, 6.07) is 6.43. The van der Waals surface area contributed by atoms with Gasteiger partial charge in [0.2, 0.25) is 0 Å². The van der Waals surface area contributed by atoms with Gasteiger partial charge in [0, 0.05) is 10.9 Å². The molecule has 0 spiro atoms. The number of hydrogen-bond donors (Lipinski definition) is 1. The standard InChI is InChI=1S/C9H8BrF3O/c10-7-3-1-2-6(4-7)5-8(14)9(11,12)13/h1-4,8,14H,5H2/t8-/m0/s1. The summed E-state index contributed by atoms with van der Waals surface area (Å²) in [6.45, 7) is 0. The Morgan fingerprint density at radius 2 is 2.00 bits per heavy atom. The van der Waals surface area contributed by atoms with Gasteiger partial charge in [-0.3, -0.25) is 0 Å². The summed E-state index contributed by atoms with van der Waals surface area (Å²) in [5, 5.41) is 8.79. The van der Waals surface area contributed by atoms with Crippen molar-refractivity contribution in [3.05, 3.63) is 34.3 Å². The lowest BCUT2D eigenvalue weighted by Crippen LogP contribution is -2.30. The molecule has 0 aliphatic carbocycles. The Morgan fingerprint density at radius 1 is 1.36 bits per heavy atom. The van der Waals surface area contributed by atoms with Crippen LogP contribution in [-0.4, -0.2) is 17.4 Å². The van der Waals surface area contributed by atoms with Gasteiger partial charge >= 0.3 is 6.18 Å². The van der Waals surface area contributed by atoms with Crippen LogP contribution >= 0.6 is 15.9 Å². The summed E-state index contributed by atoms with van der Waals surface area (Å²) >= 11 is 3.14. The molecule has 0 saturated heterocycles. The topological polar surface area (TPSA) is 20.2 Å². The zero-order valence-electron chi connectivity index (χ0n) is 7.05. The Hall–Kier alpha value is -0.550. The minimum atomic E-state index is -4.55. The third-order valence-corrected chi connectivity index (χ3v) is 2.19. The third-order valence-electron chi connectivity index (χ3n) is 1.70. The van der Waals surface area contributed by atoms with Crippen molar-refractivity contribution in [2.24, 2.45) is 0 Å². The summed E-state index contributed by atoms with van der Waals surface area (Å²) in [5.74, 6) is 0. The summed E-state index contributed by atoms with van der Waals surface area (Å²) in [4.78, 5) is 0. The van der Waals surface area contributed by atoms with Gasteiger partial charge in [0.15, 0.2) is 6.10 Å². The summed E-state index contributed by atoms with van der Waals surface area (Å²) < 4.78 is 36.6. The van der Waals surface area contributed by atoms with Crippen LogP contribution in [0.1, 0.15) is 5.56 Å². The minimum Gasteiger partial charge on any atom is -0.383 e. The van der Waals surface area contributed by atoms with Crippen molar-refractivity contribution in [2.75, 3.05) is 0 Å². The van der Waals surface area contributed by atoms with Crippen molar-refractivity contribution in [1.29, 1.82) is 0 Å². The van der Waals surface area contributed by atoms with E-state index < -0.39 is 18.7 Å². The Balaban J connectivity index is 2.70. The van der Waals surface area contributed by atoms with Crippen molar-refractivity contribution in [3.8, 4) is 0 Å². The molecule has 1 nitrogen and oxygen atoms in total. The average Bonchev–Trinajstić information content (AvgIpc) is 2.02. The highest BCUT2D eigenvalue weighted by Gasteiger charge is 2.37. The molecule has 0 fully saturated rings. The second-order valence-electron chi connectivity index (χ2n) is 2.89. The van der Waals surface area contributed by atoms with E-state index in [0.29, 0.717) is 10.0 Å². The second-order valence-corrected chi connectivity index (χ2v) is 3.81. The van der Waals surface area contributed by atoms with Crippen LogP contribution in [0, 0.1) is 0 Å². The van der Waals surface area contributed by atoms with Gasteiger partial charge < -0.3 is 5.11 Å². The largest absolute Gasteiger partial charge is 0.414 e. The number of halogens is 4. The van der Waals surface area contributed by atoms with Crippen LogP contribution in [0.15, 0.2) is 28.7 Å². The first-order valence-electron chi connectivity index (χ1n) is 3.89. The van der Waals surface area contributed by atoms with E-state index in [1.807, 2.05) is 0 Å². The highest BCUT2D eigenvalue weighted by molar-refractivity contribution is 9.10. The molecule has 78 valence electrons. The first kappa shape index (κ1) is 11.5. The fraction of sp³-hybridized carbons (Fsp3) is 0.333. The molecule has 14 heavy (non-hydrogen) atoms. The lowest BCUT2D eigenvalue weighted by atomic mass is 10.1. The van der Waals surface area contributed by atoms with E-state index in [1.54, 1.807) is 24.3 Å². The zero-order valence-corrected chi connectivity index (χ0v) is 8.64. The number of aliphatic hydroxyl groups excluding tert-OH is 1. The van der Waals surface area contributed by atoms with Crippen LogP contribution in [0.3, 0.4) is 0 Å². The molecule has 1 rings (SSSR count). The monoisotopic (exact) mass is 268 g/mol. The van der Waals surface area contributed by atoms with Crippen LogP contribution in [0.25, 0.3) is 0 Å². The van der Waals surface area contributed by atoms with E-state index in [9.17, 15) is 13.2 Å². The van der Waals surface area contributed by atoms with Gasteiger partial charge in [-0.25, -0.2) is 0 Å².